The first-order chi connectivity index (χ1) is 11.8. The Bertz CT molecular complexity index is 709. The van der Waals surface area contributed by atoms with Crippen LogP contribution in [0.1, 0.15) is 49.4 Å². The van der Waals surface area contributed by atoms with Gasteiger partial charge in [-0.1, -0.05) is 74.5 Å². The van der Waals surface area contributed by atoms with Crippen molar-refractivity contribution < 1.29 is 9.53 Å². The average molecular weight is 336 g/mol. The number of ether oxygens (including phenoxy) is 1. The molecule has 0 saturated carbocycles. The Labute approximate surface area is 151 Å². The number of esters is 1. The van der Waals surface area contributed by atoms with Crippen molar-refractivity contribution in [2.24, 2.45) is 0 Å². The highest BCUT2D eigenvalue weighted by Gasteiger charge is 2.22. The van der Waals surface area contributed by atoms with Gasteiger partial charge in [-0.25, -0.2) is 4.79 Å². The van der Waals surface area contributed by atoms with Crippen LogP contribution in [-0.2, 0) is 21.4 Å². The molecule has 0 aliphatic carbocycles. The normalized spacial score (nSPS) is 12.5. The van der Waals surface area contributed by atoms with Crippen LogP contribution in [0.5, 0.6) is 0 Å². The quantitative estimate of drug-likeness (QED) is 0.502. The van der Waals surface area contributed by atoms with Crippen LogP contribution in [0.3, 0.4) is 0 Å². The van der Waals surface area contributed by atoms with E-state index in [0.717, 1.165) is 12.8 Å². The number of hydrogen-bond donors (Lipinski definition) is 0. The number of carbonyl (C=O) groups is 1. The molecule has 0 aliphatic rings. The first-order valence-electron chi connectivity index (χ1n) is 8.82. The number of aryl methyl sites for hydroxylation is 2. The van der Waals surface area contributed by atoms with Crippen LogP contribution in [-0.4, -0.2) is 12.1 Å². The summed E-state index contributed by atoms with van der Waals surface area (Å²) in [4.78, 5) is 11.2. The minimum Gasteiger partial charge on any atom is -0.460 e. The van der Waals surface area contributed by atoms with E-state index < -0.39 is 0 Å². The summed E-state index contributed by atoms with van der Waals surface area (Å²) in [6.07, 6.45) is 2.80. The maximum Gasteiger partial charge on any atom is 0.330 e. The van der Waals surface area contributed by atoms with Gasteiger partial charge in [0.2, 0.25) is 0 Å². The first-order valence-corrected chi connectivity index (χ1v) is 8.82. The van der Waals surface area contributed by atoms with Gasteiger partial charge < -0.3 is 4.74 Å². The van der Waals surface area contributed by atoms with Gasteiger partial charge in [0.15, 0.2) is 0 Å². The third kappa shape index (κ3) is 5.06. The predicted octanol–water partition coefficient (Wildman–Crippen LogP) is 5.37. The predicted molar refractivity (Wildman–Crippen MR) is 104 cm³/mol. The molecule has 2 heteroatoms. The van der Waals surface area contributed by atoms with Crippen LogP contribution >= 0.6 is 0 Å². The second kappa shape index (κ2) is 8.15. The minimum atomic E-state index is -0.359. The Morgan fingerprint density at radius 2 is 1.60 bits per heavy atom. The van der Waals surface area contributed by atoms with E-state index in [2.05, 4.69) is 75.9 Å². The summed E-state index contributed by atoms with van der Waals surface area (Å²) < 4.78 is 5.21. The van der Waals surface area contributed by atoms with Gasteiger partial charge in [-0.05, 0) is 43.4 Å². The zero-order valence-corrected chi connectivity index (χ0v) is 15.7. The fourth-order valence-corrected chi connectivity index (χ4v) is 2.90. The van der Waals surface area contributed by atoms with Crippen molar-refractivity contribution in [3.05, 3.63) is 83.4 Å². The monoisotopic (exact) mass is 336 g/mol. The topological polar surface area (TPSA) is 26.3 Å². The zero-order chi connectivity index (χ0) is 18.4. The maximum atomic E-state index is 11.2. The van der Waals surface area contributed by atoms with E-state index in [1.807, 2.05) is 6.92 Å². The highest BCUT2D eigenvalue weighted by Crippen LogP contribution is 2.31. The Hall–Kier alpha value is -2.35. The Morgan fingerprint density at radius 1 is 1.08 bits per heavy atom. The van der Waals surface area contributed by atoms with E-state index in [0.29, 0.717) is 0 Å². The molecule has 0 radical (unpaired) electrons. The molecular weight excluding hydrogens is 308 g/mol. The van der Waals surface area contributed by atoms with Crippen molar-refractivity contribution in [2.45, 2.75) is 52.1 Å². The molecule has 2 nitrogen and oxygen atoms in total. The van der Waals surface area contributed by atoms with Gasteiger partial charge in [0.1, 0.15) is 0 Å². The van der Waals surface area contributed by atoms with Crippen LogP contribution in [0.15, 0.2) is 61.2 Å². The third-order valence-corrected chi connectivity index (χ3v) is 4.77. The SMILES string of the molecule is C=CC(=O)OC(C)CCc1ccc(C(C)(C)c2ccc(C)cc2)cc1. The van der Waals surface area contributed by atoms with Crippen LogP contribution in [0.4, 0.5) is 0 Å². The molecule has 0 amide bonds. The second-order valence-corrected chi connectivity index (χ2v) is 7.18. The van der Waals surface area contributed by atoms with Crippen LogP contribution in [0.25, 0.3) is 0 Å². The lowest BCUT2D eigenvalue weighted by atomic mass is 9.77. The van der Waals surface area contributed by atoms with Gasteiger partial charge in [-0.2, -0.15) is 0 Å². The maximum absolute atomic E-state index is 11.2. The summed E-state index contributed by atoms with van der Waals surface area (Å²) in [5, 5.41) is 0. The van der Waals surface area contributed by atoms with Gasteiger partial charge >= 0.3 is 5.97 Å². The molecule has 0 heterocycles. The second-order valence-electron chi connectivity index (χ2n) is 7.18. The fraction of sp³-hybridized carbons (Fsp3) is 0.348. The van der Waals surface area contributed by atoms with Crippen molar-refractivity contribution in [2.75, 3.05) is 0 Å². The fourth-order valence-electron chi connectivity index (χ4n) is 2.90. The minimum absolute atomic E-state index is 0.0288. The van der Waals surface area contributed by atoms with Crippen molar-refractivity contribution in [1.29, 1.82) is 0 Å². The lowest BCUT2D eigenvalue weighted by Gasteiger charge is -2.26. The van der Waals surface area contributed by atoms with Gasteiger partial charge in [0.05, 0.1) is 6.10 Å². The smallest absolute Gasteiger partial charge is 0.330 e. The highest BCUT2D eigenvalue weighted by molar-refractivity contribution is 5.81. The average Bonchev–Trinajstić information content (AvgIpc) is 2.60. The number of benzene rings is 2. The van der Waals surface area contributed by atoms with E-state index in [1.165, 1.54) is 28.3 Å². The molecule has 1 unspecified atom stereocenters. The van der Waals surface area contributed by atoms with Crippen molar-refractivity contribution in [3.63, 3.8) is 0 Å². The molecule has 0 saturated heterocycles. The third-order valence-electron chi connectivity index (χ3n) is 4.77. The number of rotatable bonds is 7. The van der Waals surface area contributed by atoms with Crippen LogP contribution in [0, 0.1) is 6.92 Å². The molecule has 0 spiro atoms. The molecule has 0 aromatic heterocycles. The van der Waals surface area contributed by atoms with E-state index in [1.54, 1.807) is 0 Å². The number of hydrogen-bond acceptors (Lipinski definition) is 2. The molecule has 132 valence electrons. The molecule has 0 aliphatic heterocycles. The molecule has 25 heavy (non-hydrogen) atoms. The van der Waals surface area contributed by atoms with Crippen LogP contribution < -0.4 is 0 Å². The lowest BCUT2D eigenvalue weighted by molar-refractivity contribution is -0.142. The molecule has 2 rings (SSSR count). The summed E-state index contributed by atoms with van der Waals surface area (Å²) in [6.45, 7) is 11.9. The Kier molecular flexibility index (Phi) is 6.19. The Morgan fingerprint density at radius 3 is 2.12 bits per heavy atom. The standard InChI is InChI=1S/C23H28O2/c1-6-22(24)25-18(3)9-10-19-11-15-21(16-12-19)23(4,5)20-13-7-17(2)8-14-20/h6-8,11-16,18H,1,9-10H2,2-5H3. The summed E-state index contributed by atoms with van der Waals surface area (Å²) in [7, 11) is 0. The summed E-state index contributed by atoms with van der Waals surface area (Å²) in [6, 6.07) is 17.5. The van der Waals surface area contributed by atoms with E-state index >= 15 is 0 Å². The molecule has 2 aromatic carbocycles. The summed E-state index contributed by atoms with van der Waals surface area (Å²) in [5.74, 6) is -0.359. The van der Waals surface area contributed by atoms with Crippen molar-refractivity contribution >= 4 is 5.97 Å². The summed E-state index contributed by atoms with van der Waals surface area (Å²) >= 11 is 0. The van der Waals surface area contributed by atoms with Crippen LogP contribution in [0.2, 0.25) is 0 Å². The lowest BCUT2D eigenvalue weighted by Crippen LogP contribution is -2.19. The molecule has 1 atom stereocenters. The van der Waals surface area contributed by atoms with Gasteiger partial charge in [0.25, 0.3) is 0 Å². The highest BCUT2D eigenvalue weighted by atomic mass is 16.5. The summed E-state index contributed by atoms with van der Waals surface area (Å²) in [5.41, 5.74) is 5.12. The van der Waals surface area contributed by atoms with Gasteiger partial charge in [0, 0.05) is 11.5 Å². The van der Waals surface area contributed by atoms with Gasteiger partial charge in [-0.15, -0.1) is 0 Å². The van der Waals surface area contributed by atoms with Crippen molar-refractivity contribution in [1.82, 2.24) is 0 Å². The molecule has 0 N–H and O–H groups in total. The van der Waals surface area contributed by atoms with Gasteiger partial charge in [-0.3, -0.25) is 0 Å². The number of carbonyl (C=O) groups excluding carboxylic acids is 1. The molecule has 2 aromatic rings. The van der Waals surface area contributed by atoms with E-state index in [4.69, 9.17) is 4.74 Å². The first kappa shape index (κ1) is 19.0. The largest absolute Gasteiger partial charge is 0.460 e. The van der Waals surface area contributed by atoms with Crippen molar-refractivity contribution in [3.8, 4) is 0 Å². The molecule has 0 bridgehead atoms. The zero-order valence-electron chi connectivity index (χ0n) is 15.7. The molecular formula is C23H28O2. The molecule has 0 fully saturated rings. The van der Waals surface area contributed by atoms with E-state index in [9.17, 15) is 4.79 Å². The Balaban J connectivity index is 2.02. The van der Waals surface area contributed by atoms with E-state index in [-0.39, 0.29) is 17.5 Å².